The molecule has 0 saturated heterocycles. The third-order valence-electron chi connectivity index (χ3n) is 2.51. The van der Waals surface area contributed by atoms with Crippen LogP contribution in [0, 0.1) is 0 Å². The highest BCUT2D eigenvalue weighted by Crippen LogP contribution is 2.18. The second-order valence-electron chi connectivity index (χ2n) is 4.16. The van der Waals surface area contributed by atoms with Gasteiger partial charge in [-0.3, -0.25) is 9.48 Å². The zero-order valence-corrected chi connectivity index (χ0v) is 11.6. The van der Waals surface area contributed by atoms with Gasteiger partial charge in [0.05, 0.1) is 17.9 Å². The van der Waals surface area contributed by atoms with E-state index in [1.54, 1.807) is 11.3 Å². The van der Waals surface area contributed by atoms with E-state index in [0.29, 0.717) is 5.69 Å². The van der Waals surface area contributed by atoms with Gasteiger partial charge in [-0.2, -0.15) is 5.10 Å². The first-order valence-electron chi connectivity index (χ1n) is 5.90. The minimum atomic E-state index is -0.990. The van der Waals surface area contributed by atoms with Crippen LogP contribution in [-0.4, -0.2) is 26.9 Å². The van der Waals surface area contributed by atoms with Crippen LogP contribution in [0.3, 0.4) is 0 Å². The molecule has 2 aromatic heterocycles. The molecule has 0 aliphatic carbocycles. The number of aromatic nitrogens is 2. The maximum atomic E-state index is 11.8. The molecule has 2 heterocycles. The van der Waals surface area contributed by atoms with E-state index < -0.39 is 5.97 Å². The summed E-state index contributed by atoms with van der Waals surface area (Å²) in [7, 11) is 0. The zero-order valence-electron chi connectivity index (χ0n) is 10.7. The summed E-state index contributed by atoms with van der Waals surface area (Å²) in [6.07, 6.45) is 2.86. The van der Waals surface area contributed by atoms with Gasteiger partial charge in [-0.05, 0) is 18.4 Å². The summed E-state index contributed by atoms with van der Waals surface area (Å²) in [5, 5.41) is 19.8. The van der Waals surface area contributed by atoms with Crippen molar-refractivity contribution in [2.45, 2.75) is 19.5 Å². The van der Waals surface area contributed by atoms with E-state index in [1.165, 1.54) is 17.1 Å². The van der Waals surface area contributed by atoms with Crippen molar-refractivity contribution in [1.82, 2.24) is 15.1 Å². The number of rotatable bonds is 5. The normalized spacial score (nSPS) is 11.8. The smallest absolute Gasteiger partial charge is 0.325 e. The highest BCUT2D eigenvalue weighted by atomic mass is 32.1. The fourth-order valence-electron chi connectivity index (χ4n) is 1.63. The number of hydrogen-bond donors (Lipinski definition) is 3. The zero-order chi connectivity index (χ0) is 14.5. The van der Waals surface area contributed by atoms with Crippen molar-refractivity contribution in [2.24, 2.45) is 0 Å². The SMILES string of the molecule is CC(NC(=O)Nc1cnn(CC(=O)O)c1)c1cccs1. The van der Waals surface area contributed by atoms with Crippen LogP contribution in [0.1, 0.15) is 17.8 Å². The molecule has 0 aromatic carbocycles. The van der Waals surface area contributed by atoms with E-state index in [-0.39, 0.29) is 18.6 Å². The second kappa shape index (κ2) is 6.20. The van der Waals surface area contributed by atoms with E-state index in [1.807, 2.05) is 24.4 Å². The summed E-state index contributed by atoms with van der Waals surface area (Å²) < 4.78 is 1.24. The molecule has 7 nitrogen and oxygen atoms in total. The van der Waals surface area contributed by atoms with Crippen molar-refractivity contribution >= 4 is 29.0 Å². The van der Waals surface area contributed by atoms with Gasteiger partial charge in [0.2, 0.25) is 0 Å². The van der Waals surface area contributed by atoms with Gasteiger partial charge in [0.15, 0.2) is 0 Å². The molecule has 1 atom stereocenters. The lowest BCUT2D eigenvalue weighted by molar-refractivity contribution is -0.137. The van der Waals surface area contributed by atoms with Crippen LogP contribution >= 0.6 is 11.3 Å². The molecule has 1 unspecified atom stereocenters. The average molecular weight is 294 g/mol. The van der Waals surface area contributed by atoms with Crippen LogP contribution in [0.4, 0.5) is 10.5 Å². The van der Waals surface area contributed by atoms with Crippen LogP contribution in [0.25, 0.3) is 0 Å². The summed E-state index contributed by atoms with van der Waals surface area (Å²) >= 11 is 1.57. The van der Waals surface area contributed by atoms with Gasteiger partial charge < -0.3 is 15.7 Å². The number of thiophene rings is 1. The number of carboxylic acid groups (broad SMARTS) is 1. The van der Waals surface area contributed by atoms with E-state index in [2.05, 4.69) is 15.7 Å². The van der Waals surface area contributed by atoms with Gasteiger partial charge in [0.25, 0.3) is 0 Å². The lowest BCUT2D eigenvalue weighted by Crippen LogP contribution is -2.30. The van der Waals surface area contributed by atoms with Crippen LogP contribution in [0.15, 0.2) is 29.9 Å². The Bertz CT molecular complexity index is 594. The predicted octanol–water partition coefficient (Wildman–Crippen LogP) is 1.91. The van der Waals surface area contributed by atoms with E-state index in [0.717, 1.165) is 4.88 Å². The molecular weight excluding hydrogens is 280 g/mol. The number of nitrogens with zero attached hydrogens (tertiary/aromatic N) is 2. The molecule has 106 valence electrons. The third-order valence-corrected chi connectivity index (χ3v) is 3.56. The molecule has 0 spiro atoms. The standard InChI is InChI=1S/C12H14N4O3S/c1-8(10-3-2-4-20-10)14-12(19)15-9-5-13-16(6-9)7-11(17)18/h2-6,8H,7H2,1H3,(H,17,18)(H2,14,15,19). The van der Waals surface area contributed by atoms with Gasteiger partial charge in [-0.25, -0.2) is 4.79 Å². The minimum absolute atomic E-state index is 0.0935. The van der Waals surface area contributed by atoms with E-state index in [4.69, 9.17) is 5.11 Å². The molecule has 2 rings (SSSR count). The number of hydrogen-bond acceptors (Lipinski definition) is 4. The number of urea groups is 1. The fraction of sp³-hybridized carbons (Fsp3) is 0.250. The van der Waals surface area contributed by atoms with Crippen LogP contribution in [0.2, 0.25) is 0 Å². The molecule has 20 heavy (non-hydrogen) atoms. The van der Waals surface area contributed by atoms with Crippen molar-refractivity contribution < 1.29 is 14.7 Å². The lowest BCUT2D eigenvalue weighted by Gasteiger charge is -2.12. The average Bonchev–Trinajstić information content (AvgIpc) is 2.99. The molecule has 2 amide bonds. The Morgan fingerprint density at radius 3 is 3.00 bits per heavy atom. The largest absolute Gasteiger partial charge is 0.480 e. The summed E-state index contributed by atoms with van der Waals surface area (Å²) in [5.41, 5.74) is 0.446. The molecule has 0 saturated carbocycles. The molecule has 3 N–H and O–H groups in total. The van der Waals surface area contributed by atoms with E-state index in [9.17, 15) is 9.59 Å². The summed E-state index contributed by atoms with van der Waals surface area (Å²) in [6, 6.07) is 3.41. The molecule has 0 fully saturated rings. The predicted molar refractivity (Wildman–Crippen MR) is 74.8 cm³/mol. The topological polar surface area (TPSA) is 96.3 Å². The lowest BCUT2D eigenvalue weighted by atomic mass is 10.3. The maximum Gasteiger partial charge on any atom is 0.325 e. The Kier molecular flexibility index (Phi) is 4.36. The minimum Gasteiger partial charge on any atom is -0.480 e. The maximum absolute atomic E-state index is 11.8. The van der Waals surface area contributed by atoms with Crippen LogP contribution in [0.5, 0.6) is 0 Å². The Hall–Kier alpha value is -2.35. The number of nitrogens with one attached hydrogen (secondary N) is 2. The molecule has 2 aromatic rings. The third kappa shape index (κ3) is 3.82. The van der Waals surface area contributed by atoms with Gasteiger partial charge in [0.1, 0.15) is 6.54 Å². The summed E-state index contributed by atoms with van der Waals surface area (Å²) in [5.74, 6) is -0.990. The quantitative estimate of drug-likeness (QED) is 0.784. The number of amides is 2. The molecule has 0 aliphatic heterocycles. The highest BCUT2D eigenvalue weighted by molar-refractivity contribution is 7.10. The molecule has 0 aliphatic rings. The molecule has 0 radical (unpaired) electrons. The monoisotopic (exact) mass is 294 g/mol. The highest BCUT2D eigenvalue weighted by Gasteiger charge is 2.11. The number of carbonyl (C=O) groups excluding carboxylic acids is 1. The Labute approximate surface area is 119 Å². The Balaban J connectivity index is 1.88. The second-order valence-corrected chi connectivity index (χ2v) is 5.14. The Morgan fingerprint density at radius 1 is 1.55 bits per heavy atom. The number of carbonyl (C=O) groups is 2. The fourth-order valence-corrected chi connectivity index (χ4v) is 2.36. The first-order chi connectivity index (χ1) is 9.54. The first kappa shape index (κ1) is 14.1. The van der Waals surface area contributed by atoms with Gasteiger partial charge >= 0.3 is 12.0 Å². The van der Waals surface area contributed by atoms with Crippen molar-refractivity contribution in [3.63, 3.8) is 0 Å². The summed E-state index contributed by atoms with van der Waals surface area (Å²) in [4.78, 5) is 23.4. The number of anilines is 1. The van der Waals surface area contributed by atoms with Gasteiger partial charge in [-0.1, -0.05) is 6.07 Å². The van der Waals surface area contributed by atoms with E-state index >= 15 is 0 Å². The van der Waals surface area contributed by atoms with Crippen molar-refractivity contribution in [3.8, 4) is 0 Å². The number of aliphatic carboxylic acids is 1. The summed E-state index contributed by atoms with van der Waals surface area (Å²) in [6.45, 7) is 1.65. The van der Waals surface area contributed by atoms with Crippen molar-refractivity contribution in [3.05, 3.63) is 34.8 Å². The van der Waals surface area contributed by atoms with Gasteiger partial charge in [-0.15, -0.1) is 11.3 Å². The molecular formula is C12H14N4O3S. The molecule has 8 heteroatoms. The van der Waals surface area contributed by atoms with Crippen molar-refractivity contribution in [2.75, 3.05) is 5.32 Å². The van der Waals surface area contributed by atoms with Crippen molar-refractivity contribution in [1.29, 1.82) is 0 Å². The van der Waals surface area contributed by atoms with Crippen LogP contribution < -0.4 is 10.6 Å². The first-order valence-corrected chi connectivity index (χ1v) is 6.77. The molecule has 0 bridgehead atoms. The Morgan fingerprint density at radius 2 is 2.35 bits per heavy atom. The van der Waals surface area contributed by atoms with Crippen LogP contribution in [-0.2, 0) is 11.3 Å². The van der Waals surface area contributed by atoms with Gasteiger partial charge in [0, 0.05) is 11.1 Å². The number of carboxylic acids is 1.